The second kappa shape index (κ2) is 8.20. The van der Waals surface area contributed by atoms with Crippen LogP contribution in [0.5, 0.6) is 5.75 Å². The Balaban J connectivity index is 1.50. The van der Waals surface area contributed by atoms with Gasteiger partial charge in [-0.3, -0.25) is 9.10 Å². The molecule has 0 radical (unpaired) electrons. The molecule has 7 heteroatoms. The Morgan fingerprint density at radius 2 is 1.80 bits per heavy atom. The van der Waals surface area contributed by atoms with Crippen molar-refractivity contribution in [1.29, 1.82) is 0 Å². The summed E-state index contributed by atoms with van der Waals surface area (Å²) in [5.74, 6) is 0.332. The second-order valence-electron chi connectivity index (χ2n) is 6.90. The maximum Gasteiger partial charge on any atom is 0.264 e. The maximum absolute atomic E-state index is 13.1. The summed E-state index contributed by atoms with van der Waals surface area (Å²) >= 11 is 0. The summed E-state index contributed by atoms with van der Waals surface area (Å²) in [6, 6.07) is 20.7. The normalized spacial score (nSPS) is 13.0. The molecule has 0 atom stereocenters. The van der Waals surface area contributed by atoms with E-state index in [1.54, 1.807) is 36.4 Å². The van der Waals surface area contributed by atoms with Crippen LogP contribution in [0.25, 0.3) is 0 Å². The van der Waals surface area contributed by atoms with Crippen LogP contribution in [0.4, 0.5) is 11.4 Å². The maximum atomic E-state index is 13.1. The molecule has 1 aliphatic rings. The van der Waals surface area contributed by atoms with E-state index < -0.39 is 10.0 Å². The van der Waals surface area contributed by atoms with Gasteiger partial charge in [-0.15, -0.1) is 0 Å². The molecule has 0 spiro atoms. The number of carbonyl (C=O) groups is 1. The third-order valence-corrected chi connectivity index (χ3v) is 6.78. The van der Waals surface area contributed by atoms with Crippen molar-refractivity contribution < 1.29 is 17.9 Å². The van der Waals surface area contributed by atoms with E-state index in [4.69, 9.17) is 4.74 Å². The van der Waals surface area contributed by atoms with Crippen molar-refractivity contribution in [2.75, 3.05) is 22.8 Å². The van der Waals surface area contributed by atoms with Gasteiger partial charge in [0.25, 0.3) is 15.9 Å². The zero-order valence-electron chi connectivity index (χ0n) is 16.5. The van der Waals surface area contributed by atoms with Crippen LogP contribution in [-0.2, 0) is 16.4 Å². The number of carbonyl (C=O) groups excluding carboxylic acids is 1. The van der Waals surface area contributed by atoms with E-state index >= 15 is 0 Å². The number of nitrogens with zero attached hydrogens (tertiary/aromatic N) is 1. The highest BCUT2D eigenvalue weighted by Gasteiger charge is 2.30. The predicted octanol–water partition coefficient (Wildman–Crippen LogP) is 4.09. The molecular formula is C23H22N2O4S. The molecule has 0 saturated carbocycles. The van der Waals surface area contributed by atoms with Gasteiger partial charge >= 0.3 is 0 Å². The van der Waals surface area contributed by atoms with Crippen LogP contribution in [0.2, 0.25) is 0 Å². The van der Waals surface area contributed by atoms with Crippen LogP contribution in [0.1, 0.15) is 22.8 Å². The van der Waals surface area contributed by atoms with E-state index in [1.807, 2.05) is 31.2 Å². The fraction of sp³-hybridized carbons (Fsp3) is 0.174. The number of benzene rings is 3. The lowest BCUT2D eigenvalue weighted by atomic mass is 10.2. The molecule has 1 amide bonds. The minimum Gasteiger partial charge on any atom is -0.494 e. The summed E-state index contributed by atoms with van der Waals surface area (Å²) in [7, 11) is -3.66. The third-order valence-electron chi connectivity index (χ3n) is 4.95. The molecule has 3 aromatic carbocycles. The Bertz CT molecular complexity index is 1170. The van der Waals surface area contributed by atoms with E-state index in [2.05, 4.69) is 5.32 Å². The topological polar surface area (TPSA) is 75.7 Å². The van der Waals surface area contributed by atoms with Gasteiger partial charge in [0.1, 0.15) is 5.75 Å². The van der Waals surface area contributed by atoms with Crippen molar-refractivity contribution in [3.05, 3.63) is 83.9 Å². The third kappa shape index (κ3) is 3.89. The van der Waals surface area contributed by atoms with Crippen molar-refractivity contribution in [1.82, 2.24) is 0 Å². The van der Waals surface area contributed by atoms with Crippen molar-refractivity contribution in [2.45, 2.75) is 18.2 Å². The van der Waals surface area contributed by atoms with E-state index in [9.17, 15) is 13.2 Å². The summed E-state index contributed by atoms with van der Waals surface area (Å²) in [5, 5.41) is 2.79. The molecule has 154 valence electrons. The highest BCUT2D eigenvalue weighted by molar-refractivity contribution is 7.92. The number of amides is 1. The molecule has 1 heterocycles. The van der Waals surface area contributed by atoms with Crippen LogP contribution >= 0.6 is 0 Å². The SMILES string of the molecule is CCOc1cccc(C(=O)Nc2ccc(S(=O)(=O)N3CCc4ccccc43)cc2)c1. The van der Waals surface area contributed by atoms with Crippen LogP contribution in [0.15, 0.2) is 77.7 Å². The van der Waals surface area contributed by atoms with Gasteiger partial charge in [0.15, 0.2) is 0 Å². The highest BCUT2D eigenvalue weighted by Crippen LogP contribution is 2.32. The summed E-state index contributed by atoms with van der Waals surface area (Å²) < 4.78 is 33.0. The molecule has 1 aliphatic heterocycles. The number of hydrogen-bond acceptors (Lipinski definition) is 4. The molecule has 0 saturated heterocycles. The first-order chi connectivity index (χ1) is 14.5. The fourth-order valence-corrected chi connectivity index (χ4v) is 5.00. The summed E-state index contributed by atoms with van der Waals surface area (Å²) in [4.78, 5) is 12.7. The lowest BCUT2D eigenvalue weighted by Crippen LogP contribution is -2.29. The second-order valence-corrected chi connectivity index (χ2v) is 8.76. The lowest BCUT2D eigenvalue weighted by Gasteiger charge is -2.19. The van der Waals surface area contributed by atoms with Gasteiger partial charge in [-0.2, -0.15) is 0 Å². The summed E-state index contributed by atoms with van der Waals surface area (Å²) in [6.07, 6.45) is 0.699. The van der Waals surface area contributed by atoms with Crippen molar-refractivity contribution in [3.8, 4) is 5.75 Å². The molecule has 0 unspecified atom stereocenters. The number of para-hydroxylation sites is 1. The number of hydrogen-bond donors (Lipinski definition) is 1. The first-order valence-corrected chi connectivity index (χ1v) is 11.2. The van der Waals surface area contributed by atoms with Crippen LogP contribution in [0.3, 0.4) is 0 Å². The molecule has 4 rings (SSSR count). The van der Waals surface area contributed by atoms with E-state index in [0.29, 0.717) is 36.6 Å². The van der Waals surface area contributed by atoms with Gasteiger partial charge in [-0.05, 0) is 67.4 Å². The molecule has 0 bridgehead atoms. The Morgan fingerprint density at radius 1 is 1.03 bits per heavy atom. The van der Waals surface area contributed by atoms with Crippen LogP contribution in [-0.4, -0.2) is 27.5 Å². The first kappa shape index (κ1) is 20.0. The number of rotatable bonds is 6. The van der Waals surface area contributed by atoms with Gasteiger partial charge in [0.05, 0.1) is 17.2 Å². The number of fused-ring (bicyclic) bond motifs is 1. The molecule has 30 heavy (non-hydrogen) atoms. The first-order valence-electron chi connectivity index (χ1n) is 9.74. The smallest absolute Gasteiger partial charge is 0.264 e. The van der Waals surface area contributed by atoms with E-state index in [-0.39, 0.29) is 10.8 Å². The Labute approximate surface area is 176 Å². The fourth-order valence-electron chi connectivity index (χ4n) is 3.49. The molecule has 1 N–H and O–H groups in total. The molecule has 6 nitrogen and oxygen atoms in total. The number of ether oxygens (including phenoxy) is 1. The predicted molar refractivity (Wildman–Crippen MR) is 117 cm³/mol. The minimum absolute atomic E-state index is 0.190. The average Bonchev–Trinajstić information content (AvgIpc) is 3.20. The monoisotopic (exact) mass is 422 g/mol. The zero-order valence-corrected chi connectivity index (χ0v) is 17.4. The molecule has 0 aliphatic carbocycles. The Morgan fingerprint density at radius 3 is 2.57 bits per heavy atom. The quantitative estimate of drug-likeness (QED) is 0.649. The van der Waals surface area contributed by atoms with Crippen LogP contribution in [0, 0.1) is 0 Å². The minimum atomic E-state index is -3.66. The average molecular weight is 423 g/mol. The number of sulfonamides is 1. The summed E-state index contributed by atoms with van der Waals surface area (Å²) in [5.41, 5.74) is 2.73. The lowest BCUT2D eigenvalue weighted by molar-refractivity contribution is 0.102. The van der Waals surface area contributed by atoms with Gasteiger partial charge in [0.2, 0.25) is 0 Å². The molecule has 0 aromatic heterocycles. The Kier molecular flexibility index (Phi) is 5.46. The van der Waals surface area contributed by atoms with Crippen LogP contribution < -0.4 is 14.4 Å². The van der Waals surface area contributed by atoms with Gasteiger partial charge < -0.3 is 10.1 Å². The van der Waals surface area contributed by atoms with Crippen molar-refractivity contribution in [2.24, 2.45) is 0 Å². The zero-order chi connectivity index (χ0) is 21.1. The van der Waals surface area contributed by atoms with Crippen molar-refractivity contribution in [3.63, 3.8) is 0 Å². The molecular weight excluding hydrogens is 400 g/mol. The highest BCUT2D eigenvalue weighted by atomic mass is 32.2. The largest absolute Gasteiger partial charge is 0.494 e. The number of nitrogens with one attached hydrogen (secondary N) is 1. The van der Waals surface area contributed by atoms with Gasteiger partial charge in [-0.25, -0.2) is 8.42 Å². The van der Waals surface area contributed by atoms with E-state index in [1.165, 1.54) is 16.4 Å². The van der Waals surface area contributed by atoms with Gasteiger partial charge in [-0.1, -0.05) is 24.3 Å². The van der Waals surface area contributed by atoms with Crippen molar-refractivity contribution >= 4 is 27.3 Å². The number of anilines is 2. The van der Waals surface area contributed by atoms with E-state index in [0.717, 1.165) is 11.3 Å². The summed E-state index contributed by atoms with van der Waals surface area (Å²) in [6.45, 7) is 2.82. The van der Waals surface area contributed by atoms with Gasteiger partial charge in [0, 0.05) is 17.8 Å². The Hall–Kier alpha value is -3.32. The molecule has 0 fully saturated rings. The molecule has 3 aromatic rings. The standard InChI is InChI=1S/C23H22N2O4S/c1-2-29-20-8-5-7-18(16-20)23(26)24-19-10-12-21(13-11-19)30(27,28)25-15-14-17-6-3-4-9-22(17)25/h3-13,16H,2,14-15H2,1H3,(H,24,26).